The third-order valence-electron chi connectivity index (χ3n) is 8.46. The minimum Gasteiger partial charge on any atom is -0.508 e. The summed E-state index contributed by atoms with van der Waals surface area (Å²) in [5, 5.41) is 21.6. The van der Waals surface area contributed by atoms with E-state index in [0.717, 1.165) is 49.7 Å². The Kier molecular flexibility index (Phi) is 4.69. The van der Waals surface area contributed by atoms with E-state index < -0.39 is 5.60 Å². The number of phenolic OH excluding ortho intramolecular Hbond substituents is 1. The largest absolute Gasteiger partial charge is 0.508 e. The van der Waals surface area contributed by atoms with Crippen molar-refractivity contribution in [2.24, 2.45) is 23.0 Å². The van der Waals surface area contributed by atoms with E-state index in [0.29, 0.717) is 30.0 Å². The first-order valence-electron chi connectivity index (χ1n) is 11.3. The van der Waals surface area contributed by atoms with Gasteiger partial charge in [-0.05, 0) is 97.2 Å². The van der Waals surface area contributed by atoms with Crippen LogP contribution in [0.3, 0.4) is 0 Å². The molecule has 0 aliphatic heterocycles. The summed E-state index contributed by atoms with van der Waals surface area (Å²) < 4.78 is 0. The smallest absolute Gasteiger partial charge is 0.131 e. The topological polar surface area (TPSA) is 66.5 Å². The Balaban J connectivity index is 1.42. The zero-order valence-electron chi connectivity index (χ0n) is 17.7. The molecule has 2 aromatic rings. The second-order valence-corrected chi connectivity index (χ2v) is 9.80. The van der Waals surface area contributed by atoms with E-state index in [4.69, 9.17) is 5.73 Å². The molecule has 5 unspecified atom stereocenters. The SMILES string of the molecule is CC12CCC3c4ccc(O)cc4CCC3C1CCC2(O)C#Cc1ccc(CN)cc1. The summed E-state index contributed by atoms with van der Waals surface area (Å²) >= 11 is 0. The molecule has 156 valence electrons. The number of benzene rings is 2. The van der Waals surface area contributed by atoms with Gasteiger partial charge in [0.25, 0.3) is 0 Å². The summed E-state index contributed by atoms with van der Waals surface area (Å²) in [5.74, 6) is 8.59. The van der Waals surface area contributed by atoms with Gasteiger partial charge in [-0.1, -0.05) is 37.0 Å². The molecule has 4 N–H and O–H groups in total. The maximum absolute atomic E-state index is 11.7. The van der Waals surface area contributed by atoms with Gasteiger partial charge in [0.2, 0.25) is 0 Å². The van der Waals surface area contributed by atoms with Gasteiger partial charge in [0.15, 0.2) is 0 Å². The predicted octanol–water partition coefficient (Wildman–Crippen LogP) is 4.49. The van der Waals surface area contributed by atoms with Crippen LogP contribution in [0.1, 0.15) is 67.2 Å². The van der Waals surface area contributed by atoms with Gasteiger partial charge in [0, 0.05) is 17.5 Å². The fraction of sp³-hybridized carbons (Fsp3) is 0.481. The minimum atomic E-state index is -0.926. The molecule has 3 aliphatic carbocycles. The number of hydrogen-bond acceptors (Lipinski definition) is 3. The van der Waals surface area contributed by atoms with Gasteiger partial charge in [-0.3, -0.25) is 0 Å². The number of hydrogen-bond donors (Lipinski definition) is 3. The molecular formula is C27H31NO2. The van der Waals surface area contributed by atoms with E-state index in [1.165, 1.54) is 11.1 Å². The molecular weight excluding hydrogens is 370 g/mol. The molecule has 0 amide bonds. The number of nitrogens with two attached hydrogens (primary N) is 1. The average molecular weight is 402 g/mol. The summed E-state index contributed by atoms with van der Waals surface area (Å²) in [5.41, 5.74) is 9.37. The number of fused-ring (bicyclic) bond motifs is 5. The van der Waals surface area contributed by atoms with Crippen molar-refractivity contribution in [2.75, 3.05) is 0 Å². The first-order valence-corrected chi connectivity index (χ1v) is 11.3. The van der Waals surface area contributed by atoms with Crippen molar-refractivity contribution < 1.29 is 10.2 Å². The quantitative estimate of drug-likeness (QED) is 0.617. The van der Waals surface area contributed by atoms with Crippen molar-refractivity contribution in [3.05, 3.63) is 64.7 Å². The molecule has 0 radical (unpaired) electrons. The van der Waals surface area contributed by atoms with E-state index in [-0.39, 0.29) is 5.41 Å². The molecule has 0 bridgehead atoms. The Morgan fingerprint density at radius 1 is 1.07 bits per heavy atom. The third-order valence-corrected chi connectivity index (χ3v) is 8.46. The number of phenols is 1. The van der Waals surface area contributed by atoms with Crippen LogP contribution >= 0.6 is 0 Å². The third kappa shape index (κ3) is 2.97. The lowest BCUT2D eigenvalue weighted by Gasteiger charge is -2.52. The van der Waals surface area contributed by atoms with Gasteiger partial charge in [-0.15, -0.1) is 0 Å². The summed E-state index contributed by atoms with van der Waals surface area (Å²) in [7, 11) is 0. The van der Waals surface area contributed by atoms with Crippen molar-refractivity contribution in [2.45, 2.75) is 63.5 Å². The predicted molar refractivity (Wildman–Crippen MR) is 119 cm³/mol. The molecule has 0 saturated heterocycles. The number of aromatic hydroxyl groups is 1. The Morgan fingerprint density at radius 2 is 1.87 bits per heavy atom. The molecule has 5 rings (SSSR count). The summed E-state index contributed by atoms with van der Waals surface area (Å²) in [6.45, 7) is 2.81. The van der Waals surface area contributed by atoms with Gasteiger partial charge in [0.1, 0.15) is 11.4 Å². The lowest BCUT2D eigenvalue weighted by Crippen LogP contribution is -2.50. The first kappa shape index (κ1) is 19.7. The van der Waals surface area contributed by atoms with Crippen LogP contribution in [0.25, 0.3) is 0 Å². The fourth-order valence-electron chi connectivity index (χ4n) is 6.69. The maximum Gasteiger partial charge on any atom is 0.131 e. The fourth-order valence-corrected chi connectivity index (χ4v) is 6.69. The minimum absolute atomic E-state index is 0.160. The van der Waals surface area contributed by atoms with Crippen molar-refractivity contribution in [3.63, 3.8) is 0 Å². The van der Waals surface area contributed by atoms with Crippen LogP contribution in [0.5, 0.6) is 5.75 Å². The molecule has 3 nitrogen and oxygen atoms in total. The highest BCUT2D eigenvalue weighted by Crippen LogP contribution is 2.64. The molecule has 3 heteroatoms. The lowest BCUT2D eigenvalue weighted by atomic mass is 9.53. The van der Waals surface area contributed by atoms with Crippen LogP contribution < -0.4 is 5.73 Å². The van der Waals surface area contributed by atoms with E-state index in [1.54, 1.807) is 0 Å². The van der Waals surface area contributed by atoms with E-state index >= 15 is 0 Å². The van der Waals surface area contributed by atoms with Crippen LogP contribution in [0.2, 0.25) is 0 Å². The Bertz CT molecular complexity index is 1020. The zero-order chi connectivity index (χ0) is 20.9. The Morgan fingerprint density at radius 3 is 2.63 bits per heavy atom. The van der Waals surface area contributed by atoms with E-state index in [9.17, 15) is 10.2 Å². The number of aryl methyl sites for hydroxylation is 1. The van der Waals surface area contributed by atoms with E-state index in [1.807, 2.05) is 36.4 Å². The van der Waals surface area contributed by atoms with Gasteiger partial charge in [-0.25, -0.2) is 0 Å². The molecule has 0 heterocycles. The lowest BCUT2D eigenvalue weighted by molar-refractivity contribution is -0.0647. The van der Waals surface area contributed by atoms with Gasteiger partial charge >= 0.3 is 0 Å². The highest BCUT2D eigenvalue weighted by Gasteiger charge is 2.61. The Hall–Kier alpha value is -2.28. The van der Waals surface area contributed by atoms with Crippen LogP contribution in [-0.2, 0) is 13.0 Å². The Labute approximate surface area is 179 Å². The molecule has 5 atom stereocenters. The first-order chi connectivity index (χ1) is 14.4. The average Bonchev–Trinajstić information content (AvgIpc) is 3.03. The van der Waals surface area contributed by atoms with E-state index in [2.05, 4.69) is 24.8 Å². The highest BCUT2D eigenvalue weighted by atomic mass is 16.3. The zero-order valence-corrected chi connectivity index (χ0v) is 17.7. The molecule has 2 aromatic carbocycles. The standard InChI is InChI=1S/C27H31NO2/c1-26-13-11-23-22-9-7-21(29)16-20(22)6-8-24(23)25(26)12-15-27(26,30)14-10-18-2-4-19(17-28)5-3-18/h2-5,7,9,16,23-25,29-30H,6,8,11-13,15,17,28H2,1H3. The van der Waals surface area contributed by atoms with Crippen molar-refractivity contribution in [1.82, 2.24) is 0 Å². The molecule has 3 aliphatic rings. The van der Waals surface area contributed by atoms with Crippen molar-refractivity contribution in [1.29, 1.82) is 0 Å². The number of rotatable bonds is 1. The normalized spacial score (nSPS) is 34.3. The molecule has 2 fully saturated rings. The van der Waals surface area contributed by atoms with Gasteiger partial charge < -0.3 is 15.9 Å². The number of aliphatic hydroxyl groups is 1. The molecule has 30 heavy (non-hydrogen) atoms. The van der Waals surface area contributed by atoms with Crippen LogP contribution in [0, 0.1) is 29.1 Å². The molecule has 0 spiro atoms. The van der Waals surface area contributed by atoms with Crippen LogP contribution in [0.4, 0.5) is 0 Å². The van der Waals surface area contributed by atoms with Crippen molar-refractivity contribution >= 4 is 0 Å². The van der Waals surface area contributed by atoms with Gasteiger partial charge in [-0.2, -0.15) is 0 Å². The van der Waals surface area contributed by atoms with Crippen LogP contribution in [-0.4, -0.2) is 15.8 Å². The summed E-state index contributed by atoms with van der Waals surface area (Å²) in [6.07, 6.45) is 6.05. The highest BCUT2D eigenvalue weighted by molar-refractivity contribution is 5.42. The van der Waals surface area contributed by atoms with Crippen molar-refractivity contribution in [3.8, 4) is 17.6 Å². The molecule has 0 aromatic heterocycles. The summed E-state index contributed by atoms with van der Waals surface area (Å²) in [4.78, 5) is 0. The second-order valence-electron chi connectivity index (χ2n) is 9.80. The monoisotopic (exact) mass is 401 g/mol. The molecule has 2 saturated carbocycles. The summed E-state index contributed by atoms with van der Waals surface area (Å²) in [6, 6.07) is 13.9. The second kappa shape index (κ2) is 7.15. The van der Waals surface area contributed by atoms with Gasteiger partial charge in [0.05, 0.1) is 0 Å². The maximum atomic E-state index is 11.7. The van der Waals surface area contributed by atoms with Crippen LogP contribution in [0.15, 0.2) is 42.5 Å².